The first-order valence-corrected chi connectivity index (χ1v) is 11.6. The molecule has 1 aliphatic rings. The lowest BCUT2D eigenvalue weighted by Gasteiger charge is -2.28. The summed E-state index contributed by atoms with van der Waals surface area (Å²) in [5, 5.41) is 3.06. The Morgan fingerprint density at radius 2 is 2.14 bits per heavy atom. The number of likely N-dealkylation sites (tertiary alicyclic amines) is 1. The molecular weight excluding hydrogens is 392 g/mol. The summed E-state index contributed by atoms with van der Waals surface area (Å²) in [5.74, 6) is 0.683. The summed E-state index contributed by atoms with van der Waals surface area (Å²) in [6.07, 6.45) is 2.01. The van der Waals surface area contributed by atoms with E-state index >= 15 is 0 Å². The van der Waals surface area contributed by atoms with Crippen LogP contribution in [0.4, 0.5) is 5.69 Å². The molecule has 2 amide bonds. The van der Waals surface area contributed by atoms with Gasteiger partial charge >= 0.3 is 0 Å². The fourth-order valence-electron chi connectivity index (χ4n) is 3.46. The number of nitrogens with zero attached hydrogens (tertiary/aromatic N) is 3. The van der Waals surface area contributed by atoms with Crippen LogP contribution in [0.15, 0.2) is 22.5 Å². The van der Waals surface area contributed by atoms with E-state index in [1.54, 1.807) is 11.3 Å². The third kappa shape index (κ3) is 5.24. The maximum absolute atomic E-state index is 12.6. The first kappa shape index (κ1) is 21.1. The van der Waals surface area contributed by atoms with Crippen LogP contribution in [0.25, 0.3) is 10.2 Å². The van der Waals surface area contributed by atoms with E-state index in [2.05, 4.69) is 22.2 Å². The van der Waals surface area contributed by atoms with E-state index in [9.17, 15) is 9.59 Å². The normalized spacial score (nSPS) is 17.6. The van der Waals surface area contributed by atoms with Gasteiger partial charge in [-0.2, -0.15) is 0 Å². The molecule has 1 aliphatic heterocycles. The number of thioether (sulfide) groups is 1. The Morgan fingerprint density at radius 1 is 1.36 bits per heavy atom. The van der Waals surface area contributed by atoms with Crippen LogP contribution < -0.4 is 5.32 Å². The standard InChI is InChI=1S/C20H28N4O2S2/c1-4-24(5-2)18(25)13-27-20-22-16-9-8-15(11-17(16)28-20)21-19(26)14-7-6-10-23(3)12-14/h8-9,11,14H,4-7,10,12-13H2,1-3H3,(H,21,26). The zero-order chi connectivity index (χ0) is 20.1. The van der Waals surface area contributed by atoms with Crippen molar-refractivity contribution < 1.29 is 9.59 Å². The Morgan fingerprint density at radius 3 is 2.86 bits per heavy atom. The van der Waals surface area contributed by atoms with Gasteiger partial charge in [-0.05, 0) is 58.5 Å². The van der Waals surface area contributed by atoms with E-state index in [4.69, 9.17) is 0 Å². The van der Waals surface area contributed by atoms with Gasteiger partial charge in [-0.1, -0.05) is 11.8 Å². The number of nitrogens with one attached hydrogen (secondary N) is 1. The van der Waals surface area contributed by atoms with Gasteiger partial charge in [0.25, 0.3) is 0 Å². The molecule has 0 aliphatic carbocycles. The molecule has 28 heavy (non-hydrogen) atoms. The topological polar surface area (TPSA) is 65.5 Å². The third-order valence-electron chi connectivity index (χ3n) is 5.07. The van der Waals surface area contributed by atoms with Gasteiger partial charge in [-0.25, -0.2) is 4.98 Å². The lowest BCUT2D eigenvalue weighted by atomic mass is 9.97. The van der Waals surface area contributed by atoms with Crippen molar-refractivity contribution in [3.63, 3.8) is 0 Å². The monoisotopic (exact) mass is 420 g/mol. The van der Waals surface area contributed by atoms with Crippen molar-refractivity contribution in [1.82, 2.24) is 14.8 Å². The summed E-state index contributed by atoms with van der Waals surface area (Å²) in [7, 11) is 2.06. The van der Waals surface area contributed by atoms with E-state index in [1.807, 2.05) is 36.9 Å². The van der Waals surface area contributed by atoms with E-state index < -0.39 is 0 Å². The Labute approximate surface area is 174 Å². The molecule has 8 heteroatoms. The first-order valence-electron chi connectivity index (χ1n) is 9.80. The SMILES string of the molecule is CCN(CC)C(=O)CSc1nc2ccc(NC(=O)C3CCCN(C)C3)cc2s1. The van der Waals surface area contributed by atoms with Gasteiger partial charge < -0.3 is 15.1 Å². The average Bonchev–Trinajstić information content (AvgIpc) is 3.09. The van der Waals surface area contributed by atoms with Crippen molar-refractivity contribution >= 4 is 50.8 Å². The number of piperidine rings is 1. The number of thiazole rings is 1. The fourth-order valence-corrected chi connectivity index (χ4v) is 5.47. The number of benzene rings is 1. The predicted molar refractivity (Wildman–Crippen MR) is 117 cm³/mol. The molecule has 152 valence electrons. The zero-order valence-electron chi connectivity index (χ0n) is 16.7. The van der Waals surface area contributed by atoms with Crippen molar-refractivity contribution in [2.45, 2.75) is 31.0 Å². The van der Waals surface area contributed by atoms with Crippen LogP contribution in [-0.2, 0) is 9.59 Å². The van der Waals surface area contributed by atoms with Gasteiger partial charge in [-0.15, -0.1) is 11.3 Å². The molecule has 6 nitrogen and oxygen atoms in total. The summed E-state index contributed by atoms with van der Waals surface area (Å²) in [4.78, 5) is 33.4. The number of carbonyl (C=O) groups is 2. The summed E-state index contributed by atoms with van der Waals surface area (Å²) >= 11 is 3.04. The molecule has 0 radical (unpaired) electrons. The minimum atomic E-state index is 0.0492. The highest BCUT2D eigenvalue weighted by Gasteiger charge is 2.24. The number of aromatic nitrogens is 1. The van der Waals surface area contributed by atoms with Gasteiger partial charge in [0.2, 0.25) is 11.8 Å². The summed E-state index contributed by atoms with van der Waals surface area (Å²) < 4.78 is 1.91. The molecule has 1 aromatic heterocycles. The van der Waals surface area contributed by atoms with Gasteiger partial charge in [0.15, 0.2) is 4.34 Å². The van der Waals surface area contributed by atoms with Crippen LogP contribution in [0, 0.1) is 5.92 Å². The second-order valence-corrected chi connectivity index (χ2v) is 9.36. The highest BCUT2D eigenvalue weighted by Crippen LogP contribution is 2.31. The number of amides is 2. The maximum atomic E-state index is 12.6. The predicted octanol–water partition coefficient (Wildman–Crippen LogP) is 3.54. The molecular formula is C20H28N4O2S2. The lowest BCUT2D eigenvalue weighted by molar-refractivity contribution is -0.128. The minimum Gasteiger partial charge on any atom is -0.343 e. The van der Waals surface area contributed by atoms with Crippen LogP contribution in [0.5, 0.6) is 0 Å². The number of carbonyl (C=O) groups excluding carboxylic acids is 2. The molecule has 1 fully saturated rings. The number of hydrogen-bond acceptors (Lipinski definition) is 6. The molecule has 1 aromatic carbocycles. The molecule has 1 atom stereocenters. The van der Waals surface area contributed by atoms with Gasteiger partial charge in [0.1, 0.15) is 0 Å². The van der Waals surface area contributed by atoms with Crippen molar-refractivity contribution in [3.8, 4) is 0 Å². The van der Waals surface area contributed by atoms with Gasteiger partial charge in [0.05, 0.1) is 21.9 Å². The molecule has 1 N–H and O–H groups in total. The van der Waals surface area contributed by atoms with Crippen LogP contribution >= 0.6 is 23.1 Å². The molecule has 1 unspecified atom stereocenters. The molecule has 0 bridgehead atoms. The fraction of sp³-hybridized carbons (Fsp3) is 0.550. The Hall–Kier alpha value is -1.64. The number of hydrogen-bond donors (Lipinski definition) is 1. The molecule has 0 spiro atoms. The largest absolute Gasteiger partial charge is 0.343 e. The summed E-state index contributed by atoms with van der Waals surface area (Å²) in [6.45, 7) is 7.32. The number of fused-ring (bicyclic) bond motifs is 1. The number of anilines is 1. The Balaban J connectivity index is 1.62. The number of rotatable bonds is 7. The summed E-state index contributed by atoms with van der Waals surface area (Å²) in [5.41, 5.74) is 1.71. The molecule has 3 rings (SSSR count). The second-order valence-electron chi connectivity index (χ2n) is 7.11. The quantitative estimate of drug-likeness (QED) is 0.694. The van der Waals surface area contributed by atoms with Crippen LogP contribution in [-0.4, -0.2) is 65.6 Å². The first-order chi connectivity index (χ1) is 13.5. The summed E-state index contributed by atoms with van der Waals surface area (Å²) in [6, 6.07) is 5.82. The van der Waals surface area contributed by atoms with Crippen LogP contribution in [0.1, 0.15) is 26.7 Å². The molecule has 2 aromatic rings. The lowest BCUT2D eigenvalue weighted by Crippen LogP contribution is -2.38. The third-order valence-corrected chi connectivity index (χ3v) is 7.21. The van der Waals surface area contributed by atoms with E-state index in [0.717, 1.165) is 59.3 Å². The van der Waals surface area contributed by atoms with Crippen LogP contribution in [0.3, 0.4) is 0 Å². The van der Waals surface area contributed by atoms with Crippen molar-refractivity contribution in [3.05, 3.63) is 18.2 Å². The van der Waals surface area contributed by atoms with Crippen molar-refractivity contribution in [2.75, 3.05) is 44.3 Å². The Bertz CT molecular complexity index is 835. The zero-order valence-corrected chi connectivity index (χ0v) is 18.4. The van der Waals surface area contributed by atoms with E-state index in [1.165, 1.54) is 11.8 Å². The smallest absolute Gasteiger partial charge is 0.232 e. The van der Waals surface area contributed by atoms with E-state index in [0.29, 0.717) is 5.75 Å². The molecule has 0 saturated carbocycles. The minimum absolute atomic E-state index is 0.0492. The molecule has 1 saturated heterocycles. The van der Waals surface area contributed by atoms with E-state index in [-0.39, 0.29) is 17.7 Å². The van der Waals surface area contributed by atoms with Crippen molar-refractivity contribution in [1.29, 1.82) is 0 Å². The van der Waals surface area contributed by atoms with Gasteiger partial charge in [0, 0.05) is 25.3 Å². The highest BCUT2D eigenvalue weighted by atomic mass is 32.2. The maximum Gasteiger partial charge on any atom is 0.232 e. The molecule has 2 heterocycles. The van der Waals surface area contributed by atoms with Crippen molar-refractivity contribution in [2.24, 2.45) is 5.92 Å². The van der Waals surface area contributed by atoms with Gasteiger partial charge in [-0.3, -0.25) is 9.59 Å². The average molecular weight is 421 g/mol. The highest BCUT2D eigenvalue weighted by molar-refractivity contribution is 8.01. The van der Waals surface area contributed by atoms with Crippen LogP contribution in [0.2, 0.25) is 0 Å². The second kappa shape index (κ2) is 9.71. The Kier molecular flexibility index (Phi) is 7.31.